The van der Waals surface area contributed by atoms with Crippen LogP contribution in [0.1, 0.15) is 84.0 Å². The molecule has 0 saturated carbocycles. The Labute approximate surface area is 203 Å². The van der Waals surface area contributed by atoms with E-state index < -0.39 is 5.97 Å². The lowest BCUT2D eigenvalue weighted by Gasteiger charge is -2.27. The van der Waals surface area contributed by atoms with Crippen LogP contribution < -0.4 is 0 Å². The van der Waals surface area contributed by atoms with Gasteiger partial charge in [0.2, 0.25) is 0 Å². The molecule has 0 aliphatic rings. The summed E-state index contributed by atoms with van der Waals surface area (Å²) in [6, 6.07) is 0. The van der Waals surface area contributed by atoms with Gasteiger partial charge in [-0.25, -0.2) is 4.79 Å². The summed E-state index contributed by atoms with van der Waals surface area (Å²) in [7, 11) is 3.77. The van der Waals surface area contributed by atoms with E-state index in [-0.39, 0.29) is 6.54 Å². The van der Waals surface area contributed by atoms with Crippen molar-refractivity contribution in [2.45, 2.75) is 84.0 Å². The van der Waals surface area contributed by atoms with E-state index in [1.807, 2.05) is 14.1 Å². The molecule has 0 spiro atoms. The molecule has 0 aliphatic carbocycles. The maximum absolute atomic E-state index is 10.8. The number of hydrogen-bond acceptors (Lipinski definition) is 5. The molecule has 0 atom stereocenters. The summed E-state index contributed by atoms with van der Waals surface area (Å²) < 4.78 is 22.5. The first kappa shape index (κ1) is 32.3. The van der Waals surface area contributed by atoms with Gasteiger partial charge in [-0.05, 0) is 6.42 Å². The zero-order chi connectivity index (χ0) is 24.5. The van der Waals surface area contributed by atoms with Gasteiger partial charge >= 0.3 is 5.97 Å². The molecule has 0 fully saturated rings. The third kappa shape index (κ3) is 27.4. The topological polar surface area (TPSA) is 74.2 Å². The van der Waals surface area contributed by atoms with Gasteiger partial charge in [0.25, 0.3) is 0 Å². The number of carboxylic acid groups (broad SMARTS) is 1. The molecule has 0 bridgehead atoms. The van der Waals surface area contributed by atoms with Gasteiger partial charge < -0.3 is 28.5 Å². The Morgan fingerprint density at radius 2 is 0.939 bits per heavy atom. The number of nitrogens with zero attached hydrogens (tertiary/aromatic N) is 1. The van der Waals surface area contributed by atoms with Crippen LogP contribution in [0, 0.1) is 0 Å². The second-order valence-corrected chi connectivity index (χ2v) is 9.55. The number of hydrogen-bond donors (Lipinski definition) is 1. The predicted octanol–water partition coefficient (Wildman–Crippen LogP) is 4.91. The zero-order valence-corrected chi connectivity index (χ0v) is 22.0. The van der Waals surface area contributed by atoms with Gasteiger partial charge in [0.1, 0.15) is 6.54 Å². The fraction of sp³-hybridized carbons (Fsp3) is 0.962. The minimum atomic E-state index is -0.793. The van der Waals surface area contributed by atoms with Crippen molar-refractivity contribution in [1.82, 2.24) is 0 Å². The SMILES string of the molecule is CCCCCCCCCCCCCCOCCOCCOCCOCC[N+](C)(C)CC(=O)O. The lowest BCUT2D eigenvalue weighted by Crippen LogP contribution is -2.46. The van der Waals surface area contributed by atoms with Crippen molar-refractivity contribution in [3.05, 3.63) is 0 Å². The number of likely N-dealkylation sites (N-methyl/N-ethyl adjacent to an activating group) is 1. The first-order chi connectivity index (χ1) is 16.0. The van der Waals surface area contributed by atoms with Crippen molar-refractivity contribution < 1.29 is 33.3 Å². The Morgan fingerprint density at radius 1 is 0.576 bits per heavy atom. The molecular weight excluding hydrogens is 422 g/mol. The minimum absolute atomic E-state index is 0.0975. The van der Waals surface area contributed by atoms with Crippen LogP contribution >= 0.6 is 0 Å². The van der Waals surface area contributed by atoms with E-state index >= 15 is 0 Å². The molecule has 33 heavy (non-hydrogen) atoms. The number of carboxylic acids is 1. The predicted molar refractivity (Wildman–Crippen MR) is 134 cm³/mol. The molecule has 7 nitrogen and oxygen atoms in total. The molecule has 0 aromatic rings. The summed E-state index contributed by atoms with van der Waals surface area (Å²) in [5.41, 5.74) is 0. The third-order valence-electron chi connectivity index (χ3n) is 5.66. The number of rotatable bonds is 27. The van der Waals surface area contributed by atoms with E-state index in [0.29, 0.717) is 57.3 Å². The Morgan fingerprint density at radius 3 is 1.36 bits per heavy atom. The summed E-state index contributed by atoms with van der Waals surface area (Å²) in [4.78, 5) is 10.8. The smallest absolute Gasteiger partial charge is 0.359 e. The number of unbranched alkanes of at least 4 members (excludes halogenated alkanes) is 11. The highest BCUT2D eigenvalue weighted by molar-refractivity contribution is 5.67. The minimum Gasteiger partial charge on any atom is -0.477 e. The highest BCUT2D eigenvalue weighted by Gasteiger charge is 2.18. The first-order valence-corrected chi connectivity index (χ1v) is 13.3. The standard InChI is InChI=1S/C26H53NO6/c1-4-5-6-7-8-9-10-11-12-13-14-15-17-30-19-21-32-23-24-33-22-20-31-18-16-27(2,3)25-26(28)29/h4-25H2,1-3H3/p+1. The molecular formula is C26H54NO6+. The first-order valence-electron chi connectivity index (χ1n) is 13.3. The van der Waals surface area contributed by atoms with Gasteiger partial charge in [-0.1, -0.05) is 77.6 Å². The summed E-state index contributed by atoms with van der Waals surface area (Å²) in [5.74, 6) is -0.793. The molecule has 0 saturated heterocycles. The van der Waals surface area contributed by atoms with Gasteiger partial charge in [0.15, 0.2) is 6.54 Å². The van der Waals surface area contributed by atoms with Crippen molar-refractivity contribution in [3.8, 4) is 0 Å². The Bertz CT molecular complexity index is 420. The molecule has 0 amide bonds. The average molecular weight is 477 g/mol. The van der Waals surface area contributed by atoms with E-state index in [0.717, 1.165) is 13.0 Å². The molecule has 0 aromatic carbocycles. The fourth-order valence-electron chi connectivity index (χ4n) is 3.56. The normalized spacial score (nSPS) is 11.8. The summed E-state index contributed by atoms with van der Waals surface area (Å²) in [5, 5.41) is 8.84. The van der Waals surface area contributed by atoms with Crippen molar-refractivity contribution in [2.24, 2.45) is 0 Å². The summed E-state index contributed by atoms with van der Waals surface area (Å²) in [6.07, 6.45) is 16.3. The number of quaternary nitrogens is 1. The van der Waals surface area contributed by atoms with Crippen LogP contribution in [0.4, 0.5) is 0 Å². The van der Waals surface area contributed by atoms with Crippen LogP contribution in [0.25, 0.3) is 0 Å². The molecule has 0 unspecified atom stereocenters. The van der Waals surface area contributed by atoms with E-state index in [1.54, 1.807) is 0 Å². The number of carbonyl (C=O) groups is 1. The van der Waals surface area contributed by atoms with Crippen LogP contribution in [0.15, 0.2) is 0 Å². The van der Waals surface area contributed by atoms with E-state index in [2.05, 4.69) is 6.92 Å². The second kappa shape index (κ2) is 24.4. The molecule has 198 valence electrons. The quantitative estimate of drug-likeness (QED) is 0.134. The van der Waals surface area contributed by atoms with Crippen LogP contribution in [-0.4, -0.2) is 95.6 Å². The van der Waals surface area contributed by atoms with Gasteiger partial charge in [-0.3, -0.25) is 0 Å². The Balaban J connectivity index is 3.12. The number of ether oxygens (including phenoxy) is 4. The van der Waals surface area contributed by atoms with Crippen molar-refractivity contribution in [1.29, 1.82) is 0 Å². The van der Waals surface area contributed by atoms with Crippen LogP contribution in [0.2, 0.25) is 0 Å². The van der Waals surface area contributed by atoms with Gasteiger partial charge in [-0.15, -0.1) is 0 Å². The average Bonchev–Trinajstić information content (AvgIpc) is 2.75. The Hall–Kier alpha value is -0.730. The van der Waals surface area contributed by atoms with E-state index in [1.165, 1.54) is 70.6 Å². The summed E-state index contributed by atoms with van der Waals surface area (Å²) in [6.45, 7) is 7.77. The van der Waals surface area contributed by atoms with Crippen molar-refractivity contribution >= 4 is 5.97 Å². The molecule has 0 radical (unpaired) electrons. The molecule has 7 heteroatoms. The maximum atomic E-state index is 10.8. The van der Waals surface area contributed by atoms with Gasteiger partial charge in [0.05, 0.1) is 60.3 Å². The second-order valence-electron chi connectivity index (χ2n) is 9.55. The zero-order valence-electron chi connectivity index (χ0n) is 22.0. The van der Waals surface area contributed by atoms with Gasteiger partial charge in [-0.2, -0.15) is 0 Å². The Kier molecular flexibility index (Phi) is 23.9. The molecule has 0 aliphatic heterocycles. The third-order valence-corrected chi connectivity index (χ3v) is 5.66. The molecule has 0 aromatic heterocycles. The van der Waals surface area contributed by atoms with Crippen LogP contribution in [0.3, 0.4) is 0 Å². The lowest BCUT2D eigenvalue weighted by atomic mass is 10.1. The van der Waals surface area contributed by atoms with Crippen molar-refractivity contribution in [3.63, 3.8) is 0 Å². The highest BCUT2D eigenvalue weighted by atomic mass is 16.6. The van der Waals surface area contributed by atoms with E-state index in [9.17, 15) is 4.79 Å². The molecule has 1 N–H and O–H groups in total. The molecule has 0 rings (SSSR count). The maximum Gasteiger partial charge on any atom is 0.359 e. The van der Waals surface area contributed by atoms with Crippen molar-refractivity contribution in [2.75, 3.05) is 80.0 Å². The highest BCUT2D eigenvalue weighted by Crippen LogP contribution is 2.11. The van der Waals surface area contributed by atoms with E-state index in [4.69, 9.17) is 24.1 Å². The molecule has 0 heterocycles. The number of aliphatic carboxylic acids is 1. The largest absolute Gasteiger partial charge is 0.477 e. The van der Waals surface area contributed by atoms with Crippen LogP contribution in [0.5, 0.6) is 0 Å². The lowest BCUT2D eigenvalue weighted by molar-refractivity contribution is -0.883. The monoisotopic (exact) mass is 476 g/mol. The fourth-order valence-corrected chi connectivity index (χ4v) is 3.56. The van der Waals surface area contributed by atoms with Crippen LogP contribution in [-0.2, 0) is 23.7 Å². The summed E-state index contributed by atoms with van der Waals surface area (Å²) >= 11 is 0. The van der Waals surface area contributed by atoms with Gasteiger partial charge in [0, 0.05) is 6.61 Å².